The number of hydrogen-bond donors (Lipinski definition) is 7. The molecule has 1 heterocycles. The van der Waals surface area contributed by atoms with E-state index < -0.39 is 78.0 Å². The highest BCUT2D eigenvalue weighted by Crippen LogP contribution is 2.68. The molecule has 4 saturated carbocycles. The molecule has 5 fully saturated rings. The van der Waals surface area contributed by atoms with Crippen molar-refractivity contribution in [3.05, 3.63) is 12.2 Å². The normalized spacial score (nSPS) is 57.5. The van der Waals surface area contributed by atoms with Gasteiger partial charge in [-0.05, 0) is 49.9 Å². The zero-order chi connectivity index (χ0) is 25.7. The molecule has 0 aromatic carbocycles. The molecule has 1 spiro atoms. The van der Waals surface area contributed by atoms with Gasteiger partial charge in [-0.3, -0.25) is 0 Å². The Kier molecular flexibility index (Phi) is 6.27. The summed E-state index contributed by atoms with van der Waals surface area (Å²) in [6.45, 7) is 9.65. The number of ether oxygens (including phenoxy) is 2. The van der Waals surface area contributed by atoms with Crippen molar-refractivity contribution < 1.29 is 45.2 Å². The molecule has 14 atom stereocenters. The van der Waals surface area contributed by atoms with Crippen molar-refractivity contribution in [2.24, 2.45) is 34.5 Å². The lowest BCUT2D eigenvalue weighted by Gasteiger charge is -2.48. The summed E-state index contributed by atoms with van der Waals surface area (Å²) < 4.78 is 11.7. The second-order valence-corrected chi connectivity index (χ2v) is 12.6. The third-order valence-corrected chi connectivity index (χ3v) is 10.9. The van der Waals surface area contributed by atoms with Gasteiger partial charge in [0.05, 0.1) is 24.9 Å². The van der Waals surface area contributed by atoms with Crippen LogP contribution < -0.4 is 0 Å². The van der Waals surface area contributed by atoms with Crippen LogP contribution in [0.1, 0.15) is 52.9 Å². The maximum Gasteiger partial charge on any atom is 0.186 e. The average molecular weight is 499 g/mol. The molecule has 200 valence electrons. The number of fused-ring (bicyclic) bond motifs is 2. The van der Waals surface area contributed by atoms with E-state index in [9.17, 15) is 35.7 Å². The second kappa shape index (κ2) is 8.44. The molecule has 0 amide bonds. The molecule has 0 radical (unpaired) electrons. The smallest absolute Gasteiger partial charge is 0.186 e. The van der Waals surface area contributed by atoms with Crippen LogP contribution in [-0.2, 0) is 9.47 Å². The van der Waals surface area contributed by atoms with Crippen molar-refractivity contribution in [3.8, 4) is 0 Å². The molecule has 5 rings (SSSR count). The Balaban J connectivity index is 1.45. The Labute approximate surface area is 206 Å². The van der Waals surface area contributed by atoms with Crippen molar-refractivity contribution in [2.75, 3.05) is 6.61 Å². The molecule has 2 bridgehead atoms. The van der Waals surface area contributed by atoms with Crippen molar-refractivity contribution in [3.63, 3.8) is 0 Å². The van der Waals surface area contributed by atoms with Gasteiger partial charge in [0, 0.05) is 16.7 Å². The lowest BCUT2D eigenvalue weighted by molar-refractivity contribution is -0.321. The van der Waals surface area contributed by atoms with Crippen LogP contribution in [0.2, 0.25) is 0 Å². The fourth-order valence-corrected chi connectivity index (χ4v) is 8.76. The highest BCUT2D eigenvalue weighted by molar-refractivity contribution is 5.31. The predicted molar refractivity (Wildman–Crippen MR) is 124 cm³/mol. The summed E-state index contributed by atoms with van der Waals surface area (Å²) in [5.74, 6) is 0.0348. The van der Waals surface area contributed by atoms with Gasteiger partial charge in [0.2, 0.25) is 0 Å². The van der Waals surface area contributed by atoms with Crippen molar-refractivity contribution >= 4 is 0 Å². The molecule has 1 aliphatic heterocycles. The van der Waals surface area contributed by atoms with Gasteiger partial charge in [-0.1, -0.05) is 32.9 Å². The van der Waals surface area contributed by atoms with E-state index in [0.717, 1.165) is 24.8 Å². The SMILES string of the molecule is C=C1C2CCC3C(C)CC2(CC(O)C2(O)C1CC(OC1OC(CO)C(O)C(O)C1O)C2(C)C)C3O. The summed E-state index contributed by atoms with van der Waals surface area (Å²) in [7, 11) is 0. The van der Waals surface area contributed by atoms with Gasteiger partial charge in [-0.25, -0.2) is 0 Å². The van der Waals surface area contributed by atoms with E-state index in [0.29, 0.717) is 12.3 Å². The minimum atomic E-state index is -1.59. The monoisotopic (exact) mass is 498 g/mol. The fourth-order valence-electron chi connectivity index (χ4n) is 8.76. The Morgan fingerprint density at radius 3 is 2.34 bits per heavy atom. The van der Waals surface area contributed by atoms with Crippen LogP contribution in [0.4, 0.5) is 0 Å². The van der Waals surface area contributed by atoms with Gasteiger partial charge in [-0.2, -0.15) is 0 Å². The largest absolute Gasteiger partial charge is 0.394 e. The van der Waals surface area contributed by atoms with Gasteiger partial charge in [0.25, 0.3) is 0 Å². The molecule has 1 saturated heterocycles. The van der Waals surface area contributed by atoms with E-state index in [-0.39, 0.29) is 18.3 Å². The first-order valence-electron chi connectivity index (χ1n) is 13.0. The van der Waals surface area contributed by atoms with Crippen LogP contribution in [0.5, 0.6) is 0 Å². The molecule has 9 nitrogen and oxygen atoms in total. The van der Waals surface area contributed by atoms with Crippen LogP contribution in [0.25, 0.3) is 0 Å². The summed E-state index contributed by atoms with van der Waals surface area (Å²) >= 11 is 0. The molecule has 4 aliphatic carbocycles. The Hall–Kier alpha value is -0.620. The third-order valence-electron chi connectivity index (χ3n) is 10.9. The second-order valence-electron chi connectivity index (χ2n) is 12.6. The summed E-state index contributed by atoms with van der Waals surface area (Å²) in [5.41, 5.74) is -2.25. The fraction of sp³-hybridized carbons (Fsp3) is 0.923. The average Bonchev–Trinajstić information content (AvgIpc) is 3.04. The van der Waals surface area contributed by atoms with Crippen molar-refractivity contribution in [1.82, 2.24) is 0 Å². The van der Waals surface area contributed by atoms with Crippen molar-refractivity contribution in [1.29, 1.82) is 0 Å². The van der Waals surface area contributed by atoms with Crippen LogP contribution in [-0.4, -0.2) is 97.0 Å². The molecule has 0 aromatic heterocycles. The first kappa shape index (κ1) is 26.0. The van der Waals surface area contributed by atoms with Gasteiger partial charge in [-0.15, -0.1) is 0 Å². The van der Waals surface area contributed by atoms with Gasteiger partial charge >= 0.3 is 0 Å². The summed E-state index contributed by atoms with van der Waals surface area (Å²) in [6, 6.07) is 0. The number of aliphatic hydroxyl groups excluding tert-OH is 6. The molecule has 5 aliphatic rings. The van der Waals surface area contributed by atoms with E-state index >= 15 is 0 Å². The lowest BCUT2D eigenvalue weighted by atomic mass is 9.61. The Bertz CT molecular complexity index is 847. The standard InChI is InChI=1S/C26H42O9/c1-11-8-25-9-17(28)26(33)15(12(2)14(25)6-5-13(11)22(25)32)7-18(24(26,3)4)35-23-21(31)20(30)19(29)16(10-27)34-23/h11,13-23,27-33H,2,5-10H2,1,3-4H3. The molecule has 7 N–H and O–H groups in total. The van der Waals surface area contributed by atoms with Gasteiger partial charge in [0.15, 0.2) is 6.29 Å². The molecular formula is C26H42O9. The minimum absolute atomic E-state index is 0.0193. The zero-order valence-corrected chi connectivity index (χ0v) is 20.8. The van der Waals surface area contributed by atoms with Crippen LogP contribution in [0.15, 0.2) is 12.2 Å². The van der Waals surface area contributed by atoms with Gasteiger partial charge < -0.3 is 45.2 Å². The molecule has 9 heteroatoms. The lowest BCUT2D eigenvalue weighted by Crippen LogP contribution is -2.61. The van der Waals surface area contributed by atoms with E-state index in [1.165, 1.54) is 0 Å². The number of hydrogen-bond acceptors (Lipinski definition) is 9. The maximum absolute atomic E-state index is 12.2. The van der Waals surface area contributed by atoms with E-state index in [1.807, 2.05) is 0 Å². The topological polar surface area (TPSA) is 160 Å². The third kappa shape index (κ3) is 3.33. The predicted octanol–water partition coefficient (Wildman–Crippen LogP) is -0.317. The first-order valence-corrected chi connectivity index (χ1v) is 13.0. The highest BCUT2D eigenvalue weighted by atomic mass is 16.7. The van der Waals surface area contributed by atoms with E-state index in [2.05, 4.69) is 13.5 Å². The van der Waals surface area contributed by atoms with Gasteiger partial charge in [0.1, 0.15) is 30.0 Å². The maximum atomic E-state index is 12.2. The quantitative estimate of drug-likeness (QED) is 0.259. The summed E-state index contributed by atoms with van der Waals surface area (Å²) in [5, 5.41) is 75.5. The molecule has 14 unspecified atom stereocenters. The Morgan fingerprint density at radius 2 is 1.69 bits per heavy atom. The van der Waals surface area contributed by atoms with Crippen LogP contribution in [0, 0.1) is 34.5 Å². The van der Waals surface area contributed by atoms with Crippen LogP contribution in [0.3, 0.4) is 0 Å². The zero-order valence-electron chi connectivity index (χ0n) is 20.8. The summed E-state index contributed by atoms with van der Waals surface area (Å²) in [6.07, 6.45) is -6.21. The number of aliphatic hydroxyl groups is 7. The number of rotatable bonds is 3. The first-order chi connectivity index (χ1) is 16.3. The molecular weight excluding hydrogens is 456 g/mol. The Morgan fingerprint density at radius 1 is 1.00 bits per heavy atom. The van der Waals surface area contributed by atoms with E-state index in [1.54, 1.807) is 13.8 Å². The van der Waals surface area contributed by atoms with Crippen molar-refractivity contribution in [2.45, 2.75) is 107 Å². The molecule has 35 heavy (non-hydrogen) atoms. The van der Waals surface area contributed by atoms with E-state index in [4.69, 9.17) is 9.47 Å². The summed E-state index contributed by atoms with van der Waals surface area (Å²) in [4.78, 5) is 0. The molecule has 0 aromatic rings. The van der Waals surface area contributed by atoms with Crippen LogP contribution >= 0.6 is 0 Å². The minimum Gasteiger partial charge on any atom is -0.394 e. The highest BCUT2D eigenvalue weighted by Gasteiger charge is 2.71.